The van der Waals surface area contributed by atoms with Gasteiger partial charge in [-0.3, -0.25) is 0 Å². The number of hydrogen-bond acceptors (Lipinski definition) is 3. The lowest BCUT2D eigenvalue weighted by Gasteiger charge is -2.35. The van der Waals surface area contributed by atoms with Crippen LogP contribution >= 0.6 is 24.0 Å². The molecule has 0 amide bonds. The Kier molecular flexibility index (Phi) is 9.58. The van der Waals surface area contributed by atoms with Crippen LogP contribution in [0, 0.1) is 0 Å². The molecule has 0 unspecified atom stereocenters. The van der Waals surface area contributed by atoms with E-state index < -0.39 is 0 Å². The van der Waals surface area contributed by atoms with Gasteiger partial charge in [-0.05, 0) is 51.3 Å². The molecule has 5 nitrogen and oxygen atoms in total. The van der Waals surface area contributed by atoms with Gasteiger partial charge in [-0.2, -0.15) is 0 Å². The molecule has 0 aliphatic carbocycles. The van der Waals surface area contributed by atoms with E-state index in [4.69, 9.17) is 4.99 Å². The summed E-state index contributed by atoms with van der Waals surface area (Å²) >= 11 is 0. The Hall–Kier alpha value is -1.28. The number of aliphatic imine (C=N–C) groups is 1. The third kappa shape index (κ3) is 6.65. The van der Waals surface area contributed by atoms with Crippen molar-refractivity contribution in [1.29, 1.82) is 0 Å². The number of piperidine rings is 1. The van der Waals surface area contributed by atoms with Crippen molar-refractivity contribution < 1.29 is 0 Å². The fourth-order valence-electron chi connectivity index (χ4n) is 3.78. The van der Waals surface area contributed by atoms with Gasteiger partial charge in [-0.25, -0.2) is 4.99 Å². The molecule has 6 heteroatoms. The third-order valence-electron chi connectivity index (χ3n) is 5.46. The van der Waals surface area contributed by atoms with E-state index in [2.05, 4.69) is 77.6 Å². The number of nitrogens with one attached hydrogen (secondary N) is 2. The van der Waals surface area contributed by atoms with Gasteiger partial charge in [0.2, 0.25) is 0 Å². The molecule has 156 valence electrons. The van der Waals surface area contributed by atoms with Gasteiger partial charge in [0.05, 0.1) is 6.54 Å². The largest absolute Gasteiger partial charge is 0.364 e. The Morgan fingerprint density at radius 2 is 1.89 bits per heavy atom. The Morgan fingerprint density at radius 3 is 2.54 bits per heavy atom. The second kappa shape index (κ2) is 11.7. The summed E-state index contributed by atoms with van der Waals surface area (Å²) in [6.07, 6.45) is 6.81. The zero-order valence-corrected chi connectivity index (χ0v) is 19.9. The van der Waals surface area contributed by atoms with E-state index >= 15 is 0 Å². The van der Waals surface area contributed by atoms with Gasteiger partial charge >= 0.3 is 0 Å². The van der Waals surface area contributed by atoms with Crippen LogP contribution in [0.4, 0.5) is 5.69 Å². The number of hydrogen-bond donors (Lipinski definition) is 2. The molecule has 0 saturated carbocycles. The standard InChI is InChI=1S/C22H35N5.HI/c1-4-23-22(25-20-10-14-26(15-11-20)18(2)3)24-17-19-8-7-9-21(16-19)27-12-5-6-13-27;/h5-9,16,18,20H,4,10-15,17H2,1-3H3,(H2,23,24,25);1H. The first-order chi connectivity index (χ1) is 13.2. The Labute approximate surface area is 187 Å². The van der Waals surface area contributed by atoms with Crippen LogP contribution in [0.25, 0.3) is 0 Å². The summed E-state index contributed by atoms with van der Waals surface area (Å²) in [6, 6.07) is 9.92. The van der Waals surface area contributed by atoms with Crippen LogP contribution in [-0.2, 0) is 6.54 Å². The molecule has 0 radical (unpaired) electrons. The highest BCUT2D eigenvalue weighted by atomic mass is 127. The van der Waals surface area contributed by atoms with E-state index in [1.54, 1.807) is 0 Å². The third-order valence-corrected chi connectivity index (χ3v) is 5.46. The predicted octanol–water partition coefficient (Wildman–Crippen LogP) is 3.61. The first-order valence-corrected chi connectivity index (χ1v) is 10.4. The molecule has 1 aromatic carbocycles. The van der Waals surface area contributed by atoms with E-state index in [9.17, 15) is 0 Å². The number of benzene rings is 1. The molecule has 0 atom stereocenters. The van der Waals surface area contributed by atoms with Crippen LogP contribution in [0.2, 0.25) is 0 Å². The van der Waals surface area contributed by atoms with Crippen molar-refractivity contribution in [2.45, 2.75) is 52.2 Å². The zero-order valence-electron chi connectivity index (χ0n) is 17.5. The van der Waals surface area contributed by atoms with Crippen molar-refractivity contribution in [2.24, 2.45) is 4.99 Å². The average molecular weight is 497 g/mol. The lowest BCUT2D eigenvalue weighted by atomic mass is 10.0. The Balaban J connectivity index is 0.00000280. The van der Waals surface area contributed by atoms with Crippen LogP contribution in [0.15, 0.2) is 41.4 Å². The van der Waals surface area contributed by atoms with Crippen LogP contribution < -0.4 is 15.5 Å². The maximum atomic E-state index is 4.85. The molecule has 2 heterocycles. The molecule has 3 rings (SSSR count). The first kappa shape index (κ1) is 23.0. The molecule has 1 aromatic rings. The smallest absolute Gasteiger partial charge is 0.191 e. The Bertz CT molecular complexity index is 642. The van der Waals surface area contributed by atoms with Crippen molar-refractivity contribution in [2.75, 3.05) is 37.6 Å². The maximum absolute atomic E-state index is 4.85. The van der Waals surface area contributed by atoms with E-state index in [1.807, 2.05) is 0 Å². The van der Waals surface area contributed by atoms with Gasteiger partial charge in [0.1, 0.15) is 0 Å². The molecule has 2 aliphatic rings. The number of nitrogens with zero attached hydrogens (tertiary/aromatic N) is 3. The SMILES string of the molecule is CCNC(=NCc1cccc(N2CC=CC2)c1)NC1CCN(C(C)C)CC1.I. The molecule has 1 fully saturated rings. The molecule has 1 saturated heterocycles. The molecule has 0 aromatic heterocycles. The highest BCUT2D eigenvalue weighted by Crippen LogP contribution is 2.19. The molecular weight excluding hydrogens is 461 g/mol. The van der Waals surface area contributed by atoms with E-state index in [-0.39, 0.29) is 24.0 Å². The number of anilines is 1. The number of rotatable bonds is 6. The summed E-state index contributed by atoms with van der Waals surface area (Å²) in [6.45, 7) is 12.6. The highest BCUT2D eigenvalue weighted by Gasteiger charge is 2.21. The van der Waals surface area contributed by atoms with Gasteiger partial charge in [0.15, 0.2) is 5.96 Å². The number of halogens is 1. The van der Waals surface area contributed by atoms with E-state index in [0.29, 0.717) is 18.6 Å². The van der Waals surface area contributed by atoms with Crippen molar-refractivity contribution >= 4 is 35.6 Å². The Morgan fingerprint density at radius 1 is 1.18 bits per heavy atom. The molecule has 0 bridgehead atoms. The lowest BCUT2D eigenvalue weighted by molar-refractivity contribution is 0.167. The monoisotopic (exact) mass is 497 g/mol. The minimum atomic E-state index is 0. The van der Waals surface area contributed by atoms with Crippen molar-refractivity contribution in [3.05, 3.63) is 42.0 Å². The van der Waals surface area contributed by atoms with E-state index in [0.717, 1.165) is 25.6 Å². The number of guanidine groups is 1. The van der Waals surface area contributed by atoms with Gasteiger partial charge in [-0.15, -0.1) is 24.0 Å². The van der Waals surface area contributed by atoms with Crippen LogP contribution in [0.1, 0.15) is 39.2 Å². The molecule has 0 spiro atoms. The topological polar surface area (TPSA) is 42.9 Å². The lowest BCUT2D eigenvalue weighted by Crippen LogP contribution is -2.49. The van der Waals surface area contributed by atoms with Crippen LogP contribution in [0.5, 0.6) is 0 Å². The second-order valence-electron chi connectivity index (χ2n) is 7.79. The summed E-state index contributed by atoms with van der Waals surface area (Å²) in [5.41, 5.74) is 2.54. The van der Waals surface area contributed by atoms with Gasteiger partial charge in [0.25, 0.3) is 0 Å². The number of likely N-dealkylation sites (tertiary alicyclic amines) is 1. The van der Waals surface area contributed by atoms with Crippen LogP contribution in [0.3, 0.4) is 0 Å². The summed E-state index contributed by atoms with van der Waals surface area (Å²) in [4.78, 5) is 9.78. The fraction of sp³-hybridized carbons (Fsp3) is 0.591. The quantitative estimate of drug-likeness (QED) is 0.273. The minimum Gasteiger partial charge on any atom is -0.364 e. The summed E-state index contributed by atoms with van der Waals surface area (Å²) in [5.74, 6) is 0.939. The second-order valence-corrected chi connectivity index (χ2v) is 7.79. The zero-order chi connectivity index (χ0) is 19.1. The van der Waals surface area contributed by atoms with E-state index in [1.165, 1.54) is 37.2 Å². The highest BCUT2D eigenvalue weighted by molar-refractivity contribution is 14.0. The molecule has 2 aliphatic heterocycles. The fourth-order valence-corrected chi connectivity index (χ4v) is 3.78. The van der Waals surface area contributed by atoms with Crippen molar-refractivity contribution in [3.8, 4) is 0 Å². The normalized spacial score (nSPS) is 18.4. The predicted molar refractivity (Wildman–Crippen MR) is 131 cm³/mol. The van der Waals surface area contributed by atoms with Crippen molar-refractivity contribution in [1.82, 2.24) is 15.5 Å². The molecule has 28 heavy (non-hydrogen) atoms. The summed E-state index contributed by atoms with van der Waals surface area (Å²) < 4.78 is 0. The minimum absolute atomic E-state index is 0. The summed E-state index contributed by atoms with van der Waals surface area (Å²) in [7, 11) is 0. The average Bonchev–Trinajstić information content (AvgIpc) is 3.22. The maximum Gasteiger partial charge on any atom is 0.191 e. The van der Waals surface area contributed by atoms with Crippen molar-refractivity contribution in [3.63, 3.8) is 0 Å². The van der Waals surface area contributed by atoms with Gasteiger partial charge < -0.3 is 20.4 Å². The van der Waals surface area contributed by atoms with Gasteiger partial charge in [0, 0.05) is 50.5 Å². The van der Waals surface area contributed by atoms with Gasteiger partial charge in [-0.1, -0.05) is 24.3 Å². The molecular formula is C22H36IN5. The molecule has 2 N–H and O–H groups in total. The first-order valence-electron chi connectivity index (χ1n) is 10.4. The summed E-state index contributed by atoms with van der Waals surface area (Å²) in [5, 5.41) is 7.06. The van der Waals surface area contributed by atoms with Crippen LogP contribution in [-0.4, -0.2) is 55.7 Å².